The van der Waals surface area contributed by atoms with Gasteiger partial charge in [0, 0.05) is 18.5 Å². The number of rotatable bonds is 5. The third kappa shape index (κ3) is 4.21. The first-order valence-electron chi connectivity index (χ1n) is 10.2. The van der Waals surface area contributed by atoms with Gasteiger partial charge >= 0.3 is 12.2 Å². The van der Waals surface area contributed by atoms with Crippen LogP contribution in [0.2, 0.25) is 0 Å². The van der Waals surface area contributed by atoms with Crippen molar-refractivity contribution in [2.75, 3.05) is 22.1 Å². The van der Waals surface area contributed by atoms with Crippen molar-refractivity contribution in [3.63, 3.8) is 0 Å². The standard InChI is InChI=1S/C22H19F3N6O3/c1-3-15-12(2)16(4-5-17(15)34-18-6-7-28-20(26)29-18)31-19(32)11-30(21(31)33)14-8-13(9-27-10-14)22(23,24)25/h4-10H,3,11H2,1-2H3,(H2,26,28,29). The fourth-order valence-electron chi connectivity index (χ4n) is 3.69. The summed E-state index contributed by atoms with van der Waals surface area (Å²) in [4.78, 5) is 39.2. The van der Waals surface area contributed by atoms with Gasteiger partial charge in [-0.15, -0.1) is 0 Å². The lowest BCUT2D eigenvalue weighted by atomic mass is 10.0. The monoisotopic (exact) mass is 472 g/mol. The number of urea groups is 1. The van der Waals surface area contributed by atoms with Gasteiger partial charge in [-0.05, 0) is 42.7 Å². The van der Waals surface area contributed by atoms with Gasteiger partial charge in [0.2, 0.25) is 11.8 Å². The van der Waals surface area contributed by atoms with Crippen molar-refractivity contribution in [3.8, 4) is 11.6 Å². The Bertz CT molecular complexity index is 1280. The maximum Gasteiger partial charge on any atom is 0.417 e. The second kappa shape index (κ2) is 8.61. The fourth-order valence-corrected chi connectivity index (χ4v) is 3.69. The van der Waals surface area contributed by atoms with Crippen LogP contribution in [-0.4, -0.2) is 33.4 Å². The van der Waals surface area contributed by atoms with Crippen LogP contribution in [0.3, 0.4) is 0 Å². The number of carbonyl (C=O) groups excluding carboxylic acids is 2. The second-order valence-corrected chi connectivity index (χ2v) is 7.42. The number of anilines is 3. The lowest BCUT2D eigenvalue weighted by molar-refractivity contribution is -0.137. The highest BCUT2D eigenvalue weighted by Crippen LogP contribution is 2.37. The van der Waals surface area contributed by atoms with Crippen molar-refractivity contribution in [3.05, 3.63) is 59.5 Å². The number of hydrogen-bond donors (Lipinski definition) is 1. The number of halogens is 3. The lowest BCUT2D eigenvalue weighted by Crippen LogP contribution is -2.33. The van der Waals surface area contributed by atoms with Gasteiger partial charge in [-0.1, -0.05) is 6.92 Å². The van der Waals surface area contributed by atoms with Gasteiger partial charge < -0.3 is 10.5 Å². The van der Waals surface area contributed by atoms with Crippen LogP contribution in [0.1, 0.15) is 23.6 Å². The van der Waals surface area contributed by atoms with Crippen LogP contribution < -0.4 is 20.3 Å². The van der Waals surface area contributed by atoms with Gasteiger partial charge in [0.1, 0.15) is 12.3 Å². The lowest BCUT2D eigenvalue weighted by Gasteiger charge is -2.21. The number of nitrogens with zero attached hydrogens (tertiary/aromatic N) is 5. The van der Waals surface area contributed by atoms with Crippen molar-refractivity contribution in [1.82, 2.24) is 15.0 Å². The Kier molecular flexibility index (Phi) is 5.82. The predicted molar refractivity (Wildman–Crippen MR) is 117 cm³/mol. The summed E-state index contributed by atoms with van der Waals surface area (Å²) >= 11 is 0. The highest BCUT2D eigenvalue weighted by Gasteiger charge is 2.40. The molecule has 176 valence electrons. The van der Waals surface area contributed by atoms with Crippen LogP contribution in [-0.2, 0) is 17.4 Å². The largest absolute Gasteiger partial charge is 0.439 e. The molecule has 2 aromatic heterocycles. The number of nitrogens with two attached hydrogens (primary N) is 1. The van der Waals surface area contributed by atoms with E-state index in [1.807, 2.05) is 6.92 Å². The Morgan fingerprint density at radius 1 is 1.18 bits per heavy atom. The van der Waals surface area contributed by atoms with Crippen molar-refractivity contribution in [2.24, 2.45) is 0 Å². The summed E-state index contributed by atoms with van der Waals surface area (Å²) in [6.45, 7) is 3.19. The number of imide groups is 1. The van der Waals surface area contributed by atoms with Crippen LogP contribution in [0.4, 0.5) is 35.3 Å². The van der Waals surface area contributed by atoms with E-state index in [1.54, 1.807) is 13.0 Å². The molecule has 0 spiro atoms. The van der Waals surface area contributed by atoms with E-state index in [1.165, 1.54) is 18.3 Å². The summed E-state index contributed by atoms with van der Waals surface area (Å²) < 4.78 is 45.0. The molecule has 1 fully saturated rings. The van der Waals surface area contributed by atoms with Gasteiger partial charge in [0.25, 0.3) is 5.91 Å². The van der Waals surface area contributed by atoms with Crippen LogP contribution in [0.25, 0.3) is 0 Å². The first-order valence-corrected chi connectivity index (χ1v) is 10.2. The molecule has 0 atom stereocenters. The molecule has 9 nitrogen and oxygen atoms in total. The molecule has 0 unspecified atom stereocenters. The van der Waals surface area contributed by atoms with Gasteiger partial charge in [-0.25, -0.2) is 14.7 Å². The first kappa shape index (κ1) is 23.0. The zero-order chi connectivity index (χ0) is 24.6. The van der Waals surface area contributed by atoms with E-state index in [0.29, 0.717) is 29.6 Å². The smallest absolute Gasteiger partial charge is 0.417 e. The van der Waals surface area contributed by atoms with Crippen molar-refractivity contribution < 1.29 is 27.5 Å². The van der Waals surface area contributed by atoms with Gasteiger partial charge in [-0.2, -0.15) is 18.2 Å². The van der Waals surface area contributed by atoms with E-state index in [0.717, 1.165) is 27.6 Å². The molecule has 1 aliphatic heterocycles. The van der Waals surface area contributed by atoms with E-state index in [2.05, 4.69) is 15.0 Å². The second-order valence-electron chi connectivity index (χ2n) is 7.42. The molecule has 0 aliphatic carbocycles. The molecular weight excluding hydrogens is 453 g/mol. The van der Waals surface area contributed by atoms with Crippen LogP contribution in [0.15, 0.2) is 42.9 Å². The van der Waals surface area contributed by atoms with E-state index in [-0.39, 0.29) is 17.5 Å². The first-order chi connectivity index (χ1) is 16.1. The SMILES string of the molecule is CCc1c(Oc2ccnc(N)n2)ccc(N2C(=O)CN(c3cncc(C(F)(F)F)c3)C2=O)c1C. The van der Waals surface area contributed by atoms with Crippen molar-refractivity contribution >= 4 is 29.3 Å². The Morgan fingerprint density at radius 2 is 1.94 bits per heavy atom. The molecule has 3 aromatic rings. The molecule has 34 heavy (non-hydrogen) atoms. The highest BCUT2D eigenvalue weighted by atomic mass is 19.4. The molecule has 12 heteroatoms. The predicted octanol–water partition coefficient (Wildman–Crippen LogP) is 4.11. The summed E-state index contributed by atoms with van der Waals surface area (Å²) in [5.41, 5.74) is 6.09. The minimum atomic E-state index is -4.63. The number of pyridine rings is 1. The quantitative estimate of drug-likeness (QED) is 0.556. The number of amides is 3. The average Bonchev–Trinajstić information content (AvgIpc) is 3.08. The molecule has 0 radical (unpaired) electrons. The number of ether oxygens (including phenoxy) is 1. The zero-order valence-electron chi connectivity index (χ0n) is 18.1. The normalized spacial score (nSPS) is 14.1. The minimum Gasteiger partial charge on any atom is -0.439 e. The number of aromatic nitrogens is 3. The van der Waals surface area contributed by atoms with E-state index < -0.39 is 30.2 Å². The molecule has 0 bridgehead atoms. The molecule has 1 aliphatic rings. The third-order valence-electron chi connectivity index (χ3n) is 5.31. The Labute approximate surface area is 192 Å². The van der Waals surface area contributed by atoms with Gasteiger partial charge in [0.15, 0.2) is 0 Å². The molecule has 3 heterocycles. The molecule has 2 N–H and O–H groups in total. The Hall–Kier alpha value is -4.22. The van der Waals surface area contributed by atoms with E-state index >= 15 is 0 Å². The van der Waals surface area contributed by atoms with Crippen LogP contribution >= 0.6 is 0 Å². The van der Waals surface area contributed by atoms with Gasteiger partial charge in [-0.3, -0.25) is 14.7 Å². The maximum atomic E-state index is 13.1. The number of hydrogen-bond acceptors (Lipinski definition) is 7. The molecule has 3 amide bonds. The summed E-state index contributed by atoms with van der Waals surface area (Å²) in [5, 5.41) is 0. The number of carbonyl (C=O) groups is 2. The van der Waals surface area contributed by atoms with Crippen molar-refractivity contribution in [1.29, 1.82) is 0 Å². The van der Waals surface area contributed by atoms with Crippen LogP contribution in [0, 0.1) is 6.92 Å². The number of alkyl halides is 3. The fraction of sp³-hybridized carbons (Fsp3) is 0.227. The van der Waals surface area contributed by atoms with Gasteiger partial charge in [0.05, 0.1) is 23.1 Å². The number of nitrogen functional groups attached to an aromatic ring is 1. The molecule has 0 saturated carbocycles. The van der Waals surface area contributed by atoms with E-state index in [9.17, 15) is 22.8 Å². The molecule has 1 saturated heterocycles. The Morgan fingerprint density at radius 3 is 2.62 bits per heavy atom. The average molecular weight is 472 g/mol. The third-order valence-corrected chi connectivity index (χ3v) is 5.31. The summed E-state index contributed by atoms with van der Waals surface area (Å²) in [6, 6.07) is 4.68. The topological polar surface area (TPSA) is 115 Å². The summed E-state index contributed by atoms with van der Waals surface area (Å²) in [5.74, 6) is 0.150. The maximum absolute atomic E-state index is 13.1. The molecule has 4 rings (SSSR count). The van der Waals surface area contributed by atoms with E-state index in [4.69, 9.17) is 10.5 Å². The zero-order valence-corrected chi connectivity index (χ0v) is 18.1. The number of benzene rings is 1. The minimum absolute atomic E-state index is 0.0429. The summed E-state index contributed by atoms with van der Waals surface area (Å²) in [7, 11) is 0. The highest BCUT2D eigenvalue weighted by molar-refractivity contribution is 6.27. The van der Waals surface area contributed by atoms with Crippen molar-refractivity contribution in [2.45, 2.75) is 26.4 Å². The Balaban J connectivity index is 1.67. The molecule has 1 aromatic carbocycles. The molecular formula is C22H19F3N6O3. The van der Waals surface area contributed by atoms with Crippen LogP contribution in [0.5, 0.6) is 11.6 Å². The summed E-state index contributed by atoms with van der Waals surface area (Å²) in [6.07, 6.45) is -0.910.